The molecule has 0 amide bonds. The van der Waals surface area contributed by atoms with Gasteiger partial charge < -0.3 is 20.7 Å². The van der Waals surface area contributed by atoms with E-state index in [0.717, 1.165) is 0 Å². The number of rotatable bonds is 5. The SMILES string of the molecule is COc1cc(C(O)C(O)CCBr)ccc1N. The molecule has 0 aliphatic heterocycles. The lowest BCUT2D eigenvalue weighted by Crippen LogP contribution is -2.18. The second-order valence-corrected chi connectivity index (χ2v) is 4.28. The van der Waals surface area contributed by atoms with Gasteiger partial charge in [0.1, 0.15) is 11.9 Å². The smallest absolute Gasteiger partial charge is 0.142 e. The second kappa shape index (κ2) is 6.08. The van der Waals surface area contributed by atoms with Crippen molar-refractivity contribution in [3.05, 3.63) is 23.8 Å². The molecule has 0 saturated carbocycles. The molecule has 0 saturated heterocycles. The van der Waals surface area contributed by atoms with E-state index in [1.807, 2.05) is 0 Å². The maximum atomic E-state index is 9.86. The van der Waals surface area contributed by atoms with Crippen LogP contribution in [0.3, 0.4) is 0 Å². The Bertz CT molecular complexity index is 346. The van der Waals surface area contributed by atoms with E-state index in [-0.39, 0.29) is 0 Å². The first-order valence-electron chi connectivity index (χ1n) is 4.95. The highest BCUT2D eigenvalue weighted by Gasteiger charge is 2.18. The number of aliphatic hydroxyl groups excluding tert-OH is 2. The first-order chi connectivity index (χ1) is 7.60. The Morgan fingerprint density at radius 1 is 1.44 bits per heavy atom. The van der Waals surface area contributed by atoms with E-state index in [1.165, 1.54) is 7.11 Å². The molecule has 0 fully saturated rings. The summed E-state index contributed by atoms with van der Waals surface area (Å²) < 4.78 is 5.05. The second-order valence-electron chi connectivity index (χ2n) is 3.49. The normalized spacial score (nSPS) is 14.5. The van der Waals surface area contributed by atoms with E-state index in [1.54, 1.807) is 18.2 Å². The average Bonchev–Trinajstić information content (AvgIpc) is 2.29. The topological polar surface area (TPSA) is 75.7 Å². The van der Waals surface area contributed by atoms with Gasteiger partial charge in [-0.15, -0.1) is 0 Å². The van der Waals surface area contributed by atoms with Gasteiger partial charge in [0.05, 0.1) is 18.9 Å². The van der Waals surface area contributed by atoms with Crippen molar-refractivity contribution in [1.82, 2.24) is 0 Å². The Morgan fingerprint density at radius 2 is 2.12 bits per heavy atom. The molecule has 90 valence electrons. The highest BCUT2D eigenvalue weighted by atomic mass is 79.9. The lowest BCUT2D eigenvalue weighted by atomic mass is 10.0. The Labute approximate surface area is 103 Å². The van der Waals surface area contributed by atoms with Crippen LogP contribution in [-0.4, -0.2) is 28.8 Å². The van der Waals surface area contributed by atoms with Crippen LogP contribution in [0.1, 0.15) is 18.1 Å². The zero-order chi connectivity index (χ0) is 12.1. The number of alkyl halides is 1. The summed E-state index contributed by atoms with van der Waals surface area (Å²) in [6.07, 6.45) is -1.24. The summed E-state index contributed by atoms with van der Waals surface area (Å²) >= 11 is 3.21. The predicted molar refractivity (Wildman–Crippen MR) is 66.8 cm³/mol. The van der Waals surface area contributed by atoms with Crippen molar-refractivity contribution in [1.29, 1.82) is 0 Å². The van der Waals surface area contributed by atoms with Gasteiger partial charge in [-0.2, -0.15) is 0 Å². The zero-order valence-electron chi connectivity index (χ0n) is 9.06. The monoisotopic (exact) mass is 289 g/mol. The van der Waals surface area contributed by atoms with Gasteiger partial charge in [0, 0.05) is 5.33 Å². The minimum Gasteiger partial charge on any atom is -0.495 e. The van der Waals surface area contributed by atoms with Gasteiger partial charge in [-0.1, -0.05) is 22.0 Å². The quantitative estimate of drug-likeness (QED) is 0.567. The molecule has 16 heavy (non-hydrogen) atoms. The highest BCUT2D eigenvalue weighted by Crippen LogP contribution is 2.27. The van der Waals surface area contributed by atoms with Crippen LogP contribution in [0.25, 0.3) is 0 Å². The van der Waals surface area contributed by atoms with Crippen molar-refractivity contribution >= 4 is 21.6 Å². The van der Waals surface area contributed by atoms with Crippen LogP contribution in [0.2, 0.25) is 0 Å². The van der Waals surface area contributed by atoms with Gasteiger partial charge in [0.2, 0.25) is 0 Å². The number of hydrogen-bond acceptors (Lipinski definition) is 4. The van der Waals surface area contributed by atoms with Crippen LogP contribution < -0.4 is 10.5 Å². The first-order valence-corrected chi connectivity index (χ1v) is 6.07. The molecule has 0 aliphatic carbocycles. The Hall–Kier alpha value is -0.780. The Morgan fingerprint density at radius 3 is 2.69 bits per heavy atom. The van der Waals surface area contributed by atoms with E-state index in [0.29, 0.717) is 28.8 Å². The van der Waals surface area contributed by atoms with Crippen molar-refractivity contribution in [3.63, 3.8) is 0 Å². The van der Waals surface area contributed by atoms with Crippen LogP contribution in [0.5, 0.6) is 5.75 Å². The molecule has 0 aliphatic rings. The van der Waals surface area contributed by atoms with E-state index in [9.17, 15) is 10.2 Å². The van der Waals surface area contributed by atoms with Crippen LogP contribution in [0.15, 0.2) is 18.2 Å². The first kappa shape index (κ1) is 13.3. The Balaban J connectivity index is 2.87. The molecule has 4 nitrogen and oxygen atoms in total. The summed E-state index contributed by atoms with van der Waals surface area (Å²) in [5.74, 6) is 0.502. The number of ether oxygens (including phenoxy) is 1. The number of halogens is 1. The summed E-state index contributed by atoms with van der Waals surface area (Å²) in [4.78, 5) is 0. The maximum absolute atomic E-state index is 9.86. The van der Waals surface area contributed by atoms with Gasteiger partial charge in [-0.25, -0.2) is 0 Å². The number of methoxy groups -OCH3 is 1. The summed E-state index contributed by atoms with van der Waals surface area (Å²) in [6.45, 7) is 0. The van der Waals surface area contributed by atoms with Crippen LogP contribution in [-0.2, 0) is 0 Å². The standard InChI is InChI=1S/C11H16BrNO3/c1-16-10-6-7(2-3-8(10)13)11(15)9(14)4-5-12/h2-3,6,9,11,14-15H,4-5,13H2,1H3. The van der Waals surface area contributed by atoms with Crippen molar-refractivity contribution < 1.29 is 14.9 Å². The molecular formula is C11H16BrNO3. The molecule has 1 aromatic carbocycles. The number of nitrogen functional groups attached to an aromatic ring is 1. The number of benzene rings is 1. The van der Waals surface area contributed by atoms with Crippen molar-refractivity contribution in [2.75, 3.05) is 18.2 Å². The van der Waals surface area contributed by atoms with Gasteiger partial charge in [-0.3, -0.25) is 0 Å². The van der Waals surface area contributed by atoms with Gasteiger partial charge in [-0.05, 0) is 24.1 Å². The highest BCUT2D eigenvalue weighted by molar-refractivity contribution is 9.09. The molecule has 2 atom stereocenters. The fourth-order valence-corrected chi connectivity index (χ4v) is 1.87. The number of anilines is 1. The van der Waals surface area contributed by atoms with E-state index in [4.69, 9.17) is 10.5 Å². The molecule has 4 N–H and O–H groups in total. The summed E-state index contributed by atoms with van der Waals surface area (Å²) in [6, 6.07) is 4.97. The summed E-state index contributed by atoms with van der Waals surface area (Å²) in [5, 5.41) is 20.2. The fourth-order valence-electron chi connectivity index (χ4n) is 1.40. The van der Waals surface area contributed by atoms with E-state index in [2.05, 4.69) is 15.9 Å². The minimum absolute atomic E-state index is 0.480. The largest absolute Gasteiger partial charge is 0.495 e. The molecule has 2 unspecified atom stereocenters. The number of aliphatic hydroxyl groups is 2. The molecule has 0 spiro atoms. The molecule has 0 heterocycles. The third-order valence-corrected chi connectivity index (χ3v) is 2.83. The van der Waals surface area contributed by atoms with Crippen molar-refractivity contribution in [3.8, 4) is 5.75 Å². The van der Waals surface area contributed by atoms with Crippen molar-refractivity contribution in [2.45, 2.75) is 18.6 Å². The molecule has 0 bridgehead atoms. The molecule has 0 aromatic heterocycles. The summed E-state index contributed by atoms with van der Waals surface area (Å²) in [7, 11) is 1.51. The molecule has 1 aromatic rings. The van der Waals surface area contributed by atoms with E-state index >= 15 is 0 Å². The van der Waals surface area contributed by atoms with Gasteiger partial charge >= 0.3 is 0 Å². The van der Waals surface area contributed by atoms with Gasteiger partial charge in [0.25, 0.3) is 0 Å². The molecule has 0 radical (unpaired) electrons. The fraction of sp³-hybridized carbons (Fsp3) is 0.455. The minimum atomic E-state index is -0.924. The van der Waals surface area contributed by atoms with Gasteiger partial charge in [0.15, 0.2) is 0 Å². The van der Waals surface area contributed by atoms with Crippen LogP contribution >= 0.6 is 15.9 Å². The van der Waals surface area contributed by atoms with E-state index < -0.39 is 12.2 Å². The Kier molecular flexibility index (Phi) is 5.05. The molecule has 1 rings (SSSR count). The van der Waals surface area contributed by atoms with Crippen LogP contribution in [0, 0.1) is 0 Å². The predicted octanol–water partition coefficient (Wildman–Crippen LogP) is 1.46. The molecule has 5 heteroatoms. The number of nitrogens with two attached hydrogens (primary N) is 1. The van der Waals surface area contributed by atoms with Crippen molar-refractivity contribution in [2.24, 2.45) is 0 Å². The zero-order valence-corrected chi connectivity index (χ0v) is 10.6. The lowest BCUT2D eigenvalue weighted by Gasteiger charge is -2.18. The summed E-state index contributed by atoms with van der Waals surface area (Å²) in [5.41, 5.74) is 6.76. The third-order valence-electron chi connectivity index (χ3n) is 2.37. The lowest BCUT2D eigenvalue weighted by molar-refractivity contribution is 0.0173. The maximum Gasteiger partial charge on any atom is 0.142 e. The van der Waals surface area contributed by atoms with Crippen LogP contribution in [0.4, 0.5) is 5.69 Å². The number of hydrogen-bond donors (Lipinski definition) is 3. The third kappa shape index (κ3) is 3.10. The average molecular weight is 290 g/mol. The molecular weight excluding hydrogens is 274 g/mol.